The Labute approximate surface area is 117 Å². The van der Waals surface area contributed by atoms with Gasteiger partial charge in [0.25, 0.3) is 0 Å². The van der Waals surface area contributed by atoms with Gasteiger partial charge in [-0.25, -0.2) is 9.18 Å². The number of rotatable bonds is 7. The highest BCUT2D eigenvalue weighted by molar-refractivity contribution is 7.98. The second-order valence-electron chi connectivity index (χ2n) is 4.66. The van der Waals surface area contributed by atoms with E-state index < -0.39 is 5.97 Å². The Bertz CT molecular complexity index is 439. The maximum atomic E-state index is 13.7. The van der Waals surface area contributed by atoms with Gasteiger partial charge in [-0.3, -0.25) is 4.90 Å². The molecule has 1 N–H and O–H groups in total. The molecule has 0 aromatic heterocycles. The number of aromatic carboxylic acids is 1. The second kappa shape index (κ2) is 7.50. The van der Waals surface area contributed by atoms with Crippen LogP contribution in [-0.4, -0.2) is 41.1 Å². The van der Waals surface area contributed by atoms with Crippen LogP contribution in [0.4, 0.5) is 4.39 Å². The van der Waals surface area contributed by atoms with Gasteiger partial charge in [-0.1, -0.05) is 0 Å². The van der Waals surface area contributed by atoms with Crippen LogP contribution < -0.4 is 0 Å². The molecular formula is C14H20FNO2S. The van der Waals surface area contributed by atoms with E-state index in [2.05, 4.69) is 13.2 Å². The van der Waals surface area contributed by atoms with Gasteiger partial charge in [0.2, 0.25) is 0 Å². The fourth-order valence-electron chi connectivity index (χ4n) is 1.76. The molecule has 1 atom stereocenters. The summed E-state index contributed by atoms with van der Waals surface area (Å²) in [7, 11) is 1.93. The van der Waals surface area contributed by atoms with Crippen molar-refractivity contribution in [3.05, 3.63) is 35.1 Å². The predicted molar refractivity (Wildman–Crippen MR) is 77.3 cm³/mol. The summed E-state index contributed by atoms with van der Waals surface area (Å²) >= 11 is 1.78. The highest BCUT2D eigenvalue weighted by atomic mass is 32.2. The summed E-state index contributed by atoms with van der Waals surface area (Å²) in [5.74, 6) is -0.323. The van der Waals surface area contributed by atoms with Gasteiger partial charge in [0.05, 0.1) is 5.56 Å². The van der Waals surface area contributed by atoms with Crippen LogP contribution in [0, 0.1) is 5.82 Å². The molecule has 0 bridgehead atoms. The Morgan fingerprint density at radius 3 is 2.79 bits per heavy atom. The number of carboxylic acid groups (broad SMARTS) is 1. The Kier molecular flexibility index (Phi) is 6.31. The molecular weight excluding hydrogens is 265 g/mol. The van der Waals surface area contributed by atoms with Crippen LogP contribution in [0.2, 0.25) is 0 Å². The highest BCUT2D eigenvalue weighted by Gasteiger charge is 2.13. The maximum Gasteiger partial charge on any atom is 0.335 e. The van der Waals surface area contributed by atoms with Gasteiger partial charge in [0.1, 0.15) is 5.82 Å². The van der Waals surface area contributed by atoms with Crippen LogP contribution in [0.5, 0.6) is 0 Å². The van der Waals surface area contributed by atoms with E-state index in [1.807, 2.05) is 11.9 Å². The number of nitrogens with zero attached hydrogens (tertiary/aromatic N) is 1. The molecule has 0 heterocycles. The molecule has 1 unspecified atom stereocenters. The number of benzene rings is 1. The first-order valence-electron chi connectivity index (χ1n) is 6.16. The van der Waals surface area contributed by atoms with Crippen LogP contribution in [0.1, 0.15) is 29.3 Å². The van der Waals surface area contributed by atoms with Gasteiger partial charge in [-0.05, 0) is 50.6 Å². The summed E-state index contributed by atoms with van der Waals surface area (Å²) in [6.07, 6.45) is 3.08. The maximum absolute atomic E-state index is 13.7. The monoisotopic (exact) mass is 285 g/mol. The number of thioether (sulfide) groups is 1. The van der Waals surface area contributed by atoms with Crippen molar-refractivity contribution in [2.75, 3.05) is 19.1 Å². The number of carbonyl (C=O) groups is 1. The number of halogens is 1. The number of carboxylic acids is 1. The Balaban J connectivity index is 2.75. The standard InChI is InChI=1S/C14H20FNO2S/c1-10(6-7-19-3)16(2)9-12-8-11(14(17)18)4-5-13(12)15/h4-5,8,10H,6-7,9H2,1-3H3,(H,17,18). The minimum absolute atomic E-state index is 0.126. The highest BCUT2D eigenvalue weighted by Crippen LogP contribution is 2.15. The van der Waals surface area contributed by atoms with Crippen molar-refractivity contribution in [2.45, 2.75) is 25.9 Å². The largest absolute Gasteiger partial charge is 0.478 e. The fraction of sp³-hybridized carbons (Fsp3) is 0.500. The molecule has 0 amide bonds. The third kappa shape index (κ3) is 4.84. The zero-order valence-corrected chi connectivity index (χ0v) is 12.3. The summed E-state index contributed by atoms with van der Waals surface area (Å²) < 4.78 is 13.7. The van der Waals surface area contributed by atoms with Crippen LogP contribution in [0.15, 0.2) is 18.2 Å². The van der Waals surface area contributed by atoms with Crippen molar-refractivity contribution >= 4 is 17.7 Å². The van der Waals surface area contributed by atoms with Crippen molar-refractivity contribution in [1.82, 2.24) is 4.90 Å². The van der Waals surface area contributed by atoms with Gasteiger partial charge < -0.3 is 5.11 Å². The Morgan fingerprint density at radius 2 is 2.21 bits per heavy atom. The number of hydrogen-bond donors (Lipinski definition) is 1. The summed E-state index contributed by atoms with van der Waals surface area (Å²) in [6, 6.07) is 4.26. The lowest BCUT2D eigenvalue weighted by atomic mass is 10.1. The summed E-state index contributed by atoms with van der Waals surface area (Å²) in [5.41, 5.74) is 0.556. The van der Waals surface area contributed by atoms with E-state index in [-0.39, 0.29) is 11.4 Å². The average molecular weight is 285 g/mol. The molecule has 5 heteroatoms. The molecule has 3 nitrogen and oxygen atoms in total. The lowest BCUT2D eigenvalue weighted by molar-refractivity contribution is 0.0696. The smallest absolute Gasteiger partial charge is 0.335 e. The molecule has 0 fully saturated rings. The molecule has 0 aliphatic carbocycles. The first-order valence-corrected chi connectivity index (χ1v) is 7.56. The second-order valence-corrected chi connectivity index (χ2v) is 5.64. The summed E-state index contributed by atoms with van der Waals surface area (Å²) in [4.78, 5) is 12.9. The van der Waals surface area contributed by atoms with E-state index in [1.165, 1.54) is 18.2 Å². The number of hydrogen-bond acceptors (Lipinski definition) is 3. The Morgan fingerprint density at radius 1 is 1.53 bits per heavy atom. The molecule has 0 aliphatic rings. The van der Waals surface area contributed by atoms with Crippen molar-refractivity contribution < 1.29 is 14.3 Å². The normalized spacial score (nSPS) is 12.7. The van der Waals surface area contributed by atoms with E-state index >= 15 is 0 Å². The topological polar surface area (TPSA) is 40.5 Å². The summed E-state index contributed by atoms with van der Waals surface area (Å²) in [5, 5.41) is 8.92. The van der Waals surface area contributed by atoms with Crippen LogP contribution in [0.3, 0.4) is 0 Å². The van der Waals surface area contributed by atoms with Crippen molar-refractivity contribution in [1.29, 1.82) is 0 Å². The molecule has 0 saturated carbocycles. The van der Waals surface area contributed by atoms with Gasteiger partial charge >= 0.3 is 5.97 Å². The molecule has 1 aromatic carbocycles. The van der Waals surface area contributed by atoms with E-state index in [9.17, 15) is 9.18 Å². The van der Waals surface area contributed by atoms with Crippen LogP contribution >= 0.6 is 11.8 Å². The fourth-order valence-corrected chi connectivity index (χ4v) is 2.34. The van der Waals surface area contributed by atoms with Crippen molar-refractivity contribution in [2.24, 2.45) is 0 Å². The minimum Gasteiger partial charge on any atom is -0.478 e. The van der Waals surface area contributed by atoms with Crippen LogP contribution in [0.25, 0.3) is 0 Å². The molecule has 0 saturated heterocycles. The quantitative estimate of drug-likeness (QED) is 0.835. The van der Waals surface area contributed by atoms with E-state index in [0.29, 0.717) is 18.2 Å². The van der Waals surface area contributed by atoms with Gasteiger partial charge in [0, 0.05) is 18.2 Å². The lowest BCUT2D eigenvalue weighted by Crippen LogP contribution is -2.29. The predicted octanol–water partition coefficient (Wildman–Crippen LogP) is 3.10. The zero-order valence-electron chi connectivity index (χ0n) is 11.5. The lowest BCUT2D eigenvalue weighted by Gasteiger charge is -2.24. The average Bonchev–Trinajstić information content (AvgIpc) is 2.38. The molecule has 0 radical (unpaired) electrons. The van der Waals surface area contributed by atoms with Crippen molar-refractivity contribution in [3.8, 4) is 0 Å². The zero-order chi connectivity index (χ0) is 14.4. The third-order valence-corrected chi connectivity index (χ3v) is 3.85. The molecule has 0 spiro atoms. The SMILES string of the molecule is CSCCC(C)N(C)Cc1cc(C(=O)O)ccc1F. The minimum atomic E-state index is -1.03. The first-order chi connectivity index (χ1) is 8.95. The van der Waals surface area contributed by atoms with Gasteiger partial charge in [0.15, 0.2) is 0 Å². The van der Waals surface area contributed by atoms with Crippen molar-refractivity contribution in [3.63, 3.8) is 0 Å². The van der Waals surface area contributed by atoms with E-state index in [0.717, 1.165) is 12.2 Å². The molecule has 1 rings (SSSR count). The molecule has 0 aliphatic heterocycles. The third-order valence-electron chi connectivity index (χ3n) is 3.20. The van der Waals surface area contributed by atoms with Gasteiger partial charge in [-0.15, -0.1) is 0 Å². The summed E-state index contributed by atoms with van der Waals surface area (Å²) in [6.45, 7) is 2.51. The molecule has 1 aromatic rings. The first kappa shape index (κ1) is 16.0. The molecule has 106 valence electrons. The molecule has 19 heavy (non-hydrogen) atoms. The van der Waals surface area contributed by atoms with E-state index in [4.69, 9.17) is 5.11 Å². The van der Waals surface area contributed by atoms with Gasteiger partial charge in [-0.2, -0.15) is 11.8 Å². The van der Waals surface area contributed by atoms with Crippen LogP contribution in [-0.2, 0) is 6.54 Å². The van der Waals surface area contributed by atoms with E-state index in [1.54, 1.807) is 11.8 Å². The Hall–Kier alpha value is -1.07.